The van der Waals surface area contributed by atoms with Crippen molar-refractivity contribution in [2.75, 3.05) is 13.2 Å². The highest BCUT2D eigenvalue weighted by Crippen LogP contribution is 2.44. The Labute approximate surface area is 194 Å². The van der Waals surface area contributed by atoms with E-state index in [1.807, 2.05) is 24.3 Å². The molecular weight excluding hydrogens is 420 g/mol. The van der Waals surface area contributed by atoms with Crippen molar-refractivity contribution in [1.82, 2.24) is 10.6 Å². The molecule has 0 radical (unpaired) electrons. The first kappa shape index (κ1) is 24.3. The second-order valence-electron chi connectivity index (χ2n) is 9.45. The summed E-state index contributed by atoms with van der Waals surface area (Å²) in [5.41, 5.74) is 2.71. The Bertz CT molecular complexity index is 999. The summed E-state index contributed by atoms with van der Waals surface area (Å²) in [7, 11) is 0. The molecule has 7 nitrogen and oxygen atoms in total. The van der Waals surface area contributed by atoms with Crippen LogP contribution in [-0.4, -0.2) is 41.8 Å². The number of hydrogen-bond donors (Lipinski definition) is 3. The van der Waals surface area contributed by atoms with Crippen molar-refractivity contribution >= 4 is 18.0 Å². The van der Waals surface area contributed by atoms with Crippen molar-refractivity contribution in [3.05, 3.63) is 59.7 Å². The minimum absolute atomic E-state index is 0.0118. The van der Waals surface area contributed by atoms with Gasteiger partial charge in [-0.1, -0.05) is 48.5 Å². The van der Waals surface area contributed by atoms with Crippen LogP contribution in [0.4, 0.5) is 4.79 Å². The van der Waals surface area contributed by atoms with Gasteiger partial charge in [0.2, 0.25) is 5.91 Å². The van der Waals surface area contributed by atoms with Crippen molar-refractivity contribution in [2.45, 2.75) is 52.0 Å². The van der Waals surface area contributed by atoms with Crippen LogP contribution in [0.2, 0.25) is 0 Å². The number of alkyl carbamates (subject to hydrolysis) is 1. The fourth-order valence-electron chi connectivity index (χ4n) is 3.99. The summed E-state index contributed by atoms with van der Waals surface area (Å²) in [5.74, 6) is -1.21. The molecule has 3 rings (SSSR count). The van der Waals surface area contributed by atoms with Crippen LogP contribution in [0.25, 0.3) is 11.1 Å². The number of amides is 2. The summed E-state index contributed by atoms with van der Waals surface area (Å²) >= 11 is 0. The first-order chi connectivity index (χ1) is 15.5. The second kappa shape index (κ2) is 9.65. The van der Waals surface area contributed by atoms with Crippen LogP contribution in [0.5, 0.6) is 0 Å². The summed E-state index contributed by atoms with van der Waals surface area (Å²) in [6.45, 7) is 7.47. The van der Waals surface area contributed by atoms with Gasteiger partial charge in [0.25, 0.3) is 0 Å². The van der Waals surface area contributed by atoms with Gasteiger partial charge in [-0.25, -0.2) is 4.79 Å². The number of hydrogen-bond acceptors (Lipinski definition) is 4. The van der Waals surface area contributed by atoms with Crippen LogP contribution in [-0.2, 0) is 14.3 Å². The molecular formula is C26H32N2O5. The predicted molar refractivity (Wildman–Crippen MR) is 126 cm³/mol. The molecule has 0 saturated heterocycles. The number of aliphatic carboxylic acids is 1. The van der Waals surface area contributed by atoms with E-state index in [1.54, 1.807) is 27.7 Å². The normalized spacial score (nSPS) is 13.1. The monoisotopic (exact) mass is 452 g/mol. The highest BCUT2D eigenvalue weighted by atomic mass is 16.5. The maximum Gasteiger partial charge on any atom is 0.407 e. The molecule has 0 bridgehead atoms. The SMILES string of the molecule is CC(C)(NC(=O)OCC1c2ccccc2-c2ccccc21)C(C)(C)C(=O)NCCCC(=O)O. The van der Waals surface area contributed by atoms with Gasteiger partial charge in [0.15, 0.2) is 0 Å². The molecule has 2 aromatic rings. The van der Waals surface area contributed by atoms with E-state index in [0.717, 1.165) is 22.3 Å². The molecule has 1 aliphatic carbocycles. The third-order valence-corrected chi connectivity index (χ3v) is 6.74. The average molecular weight is 453 g/mol. The molecule has 176 valence electrons. The zero-order valence-electron chi connectivity index (χ0n) is 19.6. The summed E-state index contributed by atoms with van der Waals surface area (Å²) in [4.78, 5) is 36.1. The number of fused-ring (bicyclic) bond motifs is 3. The van der Waals surface area contributed by atoms with Crippen molar-refractivity contribution in [3.63, 3.8) is 0 Å². The van der Waals surface area contributed by atoms with Gasteiger partial charge >= 0.3 is 12.1 Å². The highest BCUT2D eigenvalue weighted by molar-refractivity contribution is 5.84. The molecule has 1 aliphatic rings. The van der Waals surface area contributed by atoms with E-state index in [0.29, 0.717) is 6.42 Å². The third-order valence-electron chi connectivity index (χ3n) is 6.74. The summed E-state index contributed by atoms with van der Waals surface area (Å²) < 4.78 is 5.63. The zero-order chi connectivity index (χ0) is 24.2. The Kier molecular flexibility index (Phi) is 7.10. The molecule has 0 heterocycles. The average Bonchev–Trinajstić information content (AvgIpc) is 3.08. The van der Waals surface area contributed by atoms with Gasteiger partial charge < -0.3 is 20.5 Å². The molecule has 0 unspecified atom stereocenters. The van der Waals surface area contributed by atoms with Crippen LogP contribution in [0.15, 0.2) is 48.5 Å². The zero-order valence-corrected chi connectivity index (χ0v) is 19.6. The van der Waals surface area contributed by atoms with E-state index in [1.165, 1.54) is 0 Å². The van der Waals surface area contributed by atoms with Gasteiger partial charge in [-0.2, -0.15) is 0 Å². The smallest absolute Gasteiger partial charge is 0.407 e. The molecule has 0 saturated carbocycles. The minimum Gasteiger partial charge on any atom is -0.481 e. The van der Waals surface area contributed by atoms with Crippen LogP contribution >= 0.6 is 0 Å². The lowest BCUT2D eigenvalue weighted by molar-refractivity contribution is -0.137. The molecule has 0 aliphatic heterocycles. The second-order valence-corrected chi connectivity index (χ2v) is 9.45. The van der Waals surface area contributed by atoms with E-state index in [2.05, 4.69) is 34.9 Å². The van der Waals surface area contributed by atoms with E-state index in [-0.39, 0.29) is 31.4 Å². The van der Waals surface area contributed by atoms with Gasteiger partial charge in [-0.05, 0) is 56.4 Å². The minimum atomic E-state index is -0.957. The molecule has 2 aromatic carbocycles. The van der Waals surface area contributed by atoms with Crippen molar-refractivity contribution in [1.29, 1.82) is 0 Å². The Morgan fingerprint density at radius 3 is 2.03 bits per heavy atom. The molecule has 0 atom stereocenters. The number of ether oxygens (including phenoxy) is 1. The van der Waals surface area contributed by atoms with Crippen molar-refractivity contribution < 1.29 is 24.2 Å². The first-order valence-corrected chi connectivity index (χ1v) is 11.2. The van der Waals surface area contributed by atoms with Crippen molar-refractivity contribution in [3.8, 4) is 11.1 Å². The highest BCUT2D eigenvalue weighted by Gasteiger charge is 2.44. The topological polar surface area (TPSA) is 105 Å². The fraction of sp³-hybridized carbons (Fsp3) is 0.423. The molecule has 0 spiro atoms. The van der Waals surface area contributed by atoms with Gasteiger partial charge in [-0.3, -0.25) is 9.59 Å². The Hall–Kier alpha value is -3.35. The lowest BCUT2D eigenvalue weighted by Crippen LogP contribution is -2.59. The van der Waals surface area contributed by atoms with Crippen LogP contribution < -0.4 is 10.6 Å². The van der Waals surface area contributed by atoms with Gasteiger partial charge in [0.05, 0.1) is 11.0 Å². The third kappa shape index (κ3) is 5.18. The number of carbonyl (C=O) groups is 3. The van der Waals surface area contributed by atoms with E-state index in [9.17, 15) is 14.4 Å². The van der Waals surface area contributed by atoms with Gasteiger partial charge in [-0.15, -0.1) is 0 Å². The Balaban J connectivity index is 1.61. The van der Waals surface area contributed by atoms with E-state index >= 15 is 0 Å². The standard InChI is InChI=1S/C26H32N2O5/c1-25(2,23(31)27-15-9-14-22(29)30)26(3,4)28-24(32)33-16-21-19-12-7-5-10-17(19)18-11-6-8-13-20(18)21/h5-8,10-13,21H,9,14-16H2,1-4H3,(H,27,31)(H,28,32)(H,29,30). The lowest BCUT2D eigenvalue weighted by Gasteiger charge is -2.40. The van der Waals surface area contributed by atoms with Crippen molar-refractivity contribution in [2.24, 2.45) is 5.41 Å². The lowest BCUT2D eigenvalue weighted by atomic mass is 9.73. The van der Waals surface area contributed by atoms with E-state index in [4.69, 9.17) is 9.84 Å². The van der Waals surface area contributed by atoms with Crippen LogP contribution in [0, 0.1) is 5.41 Å². The molecule has 2 amide bonds. The molecule has 33 heavy (non-hydrogen) atoms. The van der Waals surface area contributed by atoms with Gasteiger partial charge in [0.1, 0.15) is 6.61 Å². The predicted octanol–water partition coefficient (Wildman–Crippen LogP) is 4.31. The van der Waals surface area contributed by atoms with Crippen LogP contribution in [0.1, 0.15) is 57.6 Å². The molecule has 3 N–H and O–H groups in total. The molecule has 7 heteroatoms. The van der Waals surface area contributed by atoms with Crippen LogP contribution in [0.3, 0.4) is 0 Å². The molecule has 0 fully saturated rings. The van der Waals surface area contributed by atoms with E-state index < -0.39 is 23.0 Å². The number of rotatable bonds is 9. The summed E-state index contributed by atoms with van der Waals surface area (Å²) in [5, 5.41) is 14.3. The maximum atomic E-state index is 12.7. The Morgan fingerprint density at radius 2 is 1.48 bits per heavy atom. The molecule has 0 aromatic heterocycles. The number of carbonyl (C=O) groups excluding carboxylic acids is 2. The number of benzene rings is 2. The summed E-state index contributed by atoms with van der Waals surface area (Å²) in [6.07, 6.45) is -0.256. The number of nitrogens with one attached hydrogen (secondary N) is 2. The number of carboxylic acids is 1. The van der Waals surface area contributed by atoms with Gasteiger partial charge in [0, 0.05) is 18.9 Å². The number of carboxylic acid groups (broad SMARTS) is 1. The quantitative estimate of drug-likeness (QED) is 0.492. The maximum absolute atomic E-state index is 12.7. The largest absolute Gasteiger partial charge is 0.481 e. The Morgan fingerprint density at radius 1 is 0.939 bits per heavy atom. The summed E-state index contributed by atoms with van der Waals surface area (Å²) in [6, 6.07) is 16.2. The first-order valence-electron chi connectivity index (χ1n) is 11.2. The fourth-order valence-corrected chi connectivity index (χ4v) is 3.99.